The third-order valence-electron chi connectivity index (χ3n) is 4.08. The van der Waals surface area contributed by atoms with Gasteiger partial charge in [-0.15, -0.1) is 11.3 Å². The molecule has 1 aromatic carbocycles. The van der Waals surface area contributed by atoms with Crippen LogP contribution in [-0.2, 0) is 28.0 Å². The number of halogens is 1. The maximum Gasteiger partial charge on any atom is 0.362 e. The van der Waals surface area contributed by atoms with Crippen molar-refractivity contribution in [3.63, 3.8) is 0 Å². The average Bonchev–Trinajstić information content (AvgIpc) is 3.25. The van der Waals surface area contributed by atoms with Crippen LogP contribution in [0.1, 0.15) is 37.8 Å². The van der Waals surface area contributed by atoms with E-state index in [1.165, 1.54) is 30.7 Å². The number of nitrogens with zero attached hydrogens (tertiary/aromatic N) is 3. The number of thiazole rings is 1. The van der Waals surface area contributed by atoms with Crippen molar-refractivity contribution in [2.75, 3.05) is 32.2 Å². The normalized spacial score (nSPS) is 12.8. The zero-order valence-corrected chi connectivity index (χ0v) is 21.3. The van der Waals surface area contributed by atoms with Gasteiger partial charge >= 0.3 is 13.6 Å². The van der Waals surface area contributed by atoms with Gasteiger partial charge < -0.3 is 23.9 Å². The summed E-state index contributed by atoms with van der Waals surface area (Å²) in [6, 6.07) is 3.99. The van der Waals surface area contributed by atoms with Gasteiger partial charge in [-0.25, -0.2) is 9.78 Å². The Morgan fingerprint density at radius 1 is 1.29 bits per heavy atom. The molecule has 0 radical (unpaired) electrons. The molecule has 1 N–H and O–H groups in total. The van der Waals surface area contributed by atoms with Gasteiger partial charge in [-0.1, -0.05) is 22.8 Å². The standard InChI is InChI=1S/C19H24ClN4O8PS/c1-5-30-18(25)16(23-29-4)14-11-34-19(21-14)22-17(33(28,31-6-2)32-7-3)12-8-9-13(20)15(10-12)24(26)27/h8-11,17H,5-7H2,1-4H3,(H,21,22)/b23-16+. The first-order chi connectivity index (χ1) is 16.2. The van der Waals surface area contributed by atoms with Gasteiger partial charge in [-0.05, 0) is 32.4 Å². The second kappa shape index (κ2) is 12.8. The second-order valence-corrected chi connectivity index (χ2v) is 9.65. The molecule has 1 aromatic heterocycles. The molecule has 1 atom stereocenters. The molecule has 0 fully saturated rings. The van der Waals surface area contributed by atoms with Gasteiger partial charge in [0.15, 0.2) is 10.9 Å². The Kier molecular flexibility index (Phi) is 10.4. The fraction of sp³-hybridized carbons (Fsp3) is 0.421. The number of carbonyl (C=O) groups excluding carboxylic acids is 1. The van der Waals surface area contributed by atoms with Gasteiger partial charge in [-0.2, -0.15) is 0 Å². The van der Waals surface area contributed by atoms with Crippen molar-refractivity contribution in [2.45, 2.75) is 26.6 Å². The van der Waals surface area contributed by atoms with Crippen LogP contribution in [0.5, 0.6) is 0 Å². The highest BCUT2D eigenvalue weighted by molar-refractivity contribution is 7.54. The highest BCUT2D eigenvalue weighted by Crippen LogP contribution is 2.61. The number of ether oxygens (including phenoxy) is 1. The van der Waals surface area contributed by atoms with E-state index in [0.29, 0.717) is 0 Å². The van der Waals surface area contributed by atoms with E-state index in [0.717, 1.165) is 11.3 Å². The van der Waals surface area contributed by atoms with Crippen molar-refractivity contribution in [1.82, 2.24) is 4.98 Å². The SMILES string of the molecule is CCOC(=O)/C(=N/OC)c1csc(NC(c2ccc(Cl)c([N+](=O)[O-])c2)P(=O)(OCC)OCC)n1. The minimum absolute atomic E-state index is 0.0573. The quantitative estimate of drug-likeness (QED) is 0.122. The second-order valence-electron chi connectivity index (χ2n) is 6.27. The number of nitro benzene ring substituents is 1. The number of rotatable bonds is 13. The summed E-state index contributed by atoms with van der Waals surface area (Å²) >= 11 is 7.01. The van der Waals surface area contributed by atoms with E-state index in [-0.39, 0.29) is 52.6 Å². The predicted octanol–water partition coefficient (Wildman–Crippen LogP) is 5.00. The van der Waals surface area contributed by atoms with Crippen molar-refractivity contribution >= 4 is 53.0 Å². The van der Waals surface area contributed by atoms with E-state index in [1.54, 1.807) is 20.8 Å². The number of aromatic nitrogens is 1. The molecule has 0 bridgehead atoms. The summed E-state index contributed by atoms with van der Waals surface area (Å²) in [7, 11) is -2.62. The van der Waals surface area contributed by atoms with Gasteiger partial charge in [0.25, 0.3) is 5.69 Å². The van der Waals surface area contributed by atoms with Crippen LogP contribution in [0.2, 0.25) is 5.02 Å². The predicted molar refractivity (Wildman–Crippen MR) is 128 cm³/mol. The molecule has 0 aliphatic heterocycles. The van der Waals surface area contributed by atoms with Crippen molar-refractivity contribution < 1.29 is 32.9 Å². The Hall–Kier alpha value is -2.57. The van der Waals surface area contributed by atoms with Crippen molar-refractivity contribution in [1.29, 1.82) is 0 Å². The summed E-state index contributed by atoms with van der Waals surface area (Å²) in [5.74, 6) is -1.91. The summed E-state index contributed by atoms with van der Waals surface area (Å²) < 4.78 is 29.6. The number of benzene rings is 1. The number of anilines is 1. The van der Waals surface area contributed by atoms with Crippen molar-refractivity contribution in [2.24, 2.45) is 5.16 Å². The summed E-state index contributed by atoms with van der Waals surface area (Å²) in [4.78, 5) is 32.0. The van der Waals surface area contributed by atoms with Gasteiger partial charge in [0.1, 0.15) is 17.8 Å². The zero-order valence-electron chi connectivity index (χ0n) is 18.8. The number of carbonyl (C=O) groups is 1. The largest absolute Gasteiger partial charge is 0.461 e. The summed E-state index contributed by atoms with van der Waals surface area (Å²) in [6.07, 6.45) is 0. The molecule has 34 heavy (non-hydrogen) atoms. The Morgan fingerprint density at radius 3 is 2.53 bits per heavy atom. The smallest absolute Gasteiger partial charge is 0.362 e. The molecule has 0 aliphatic rings. The monoisotopic (exact) mass is 534 g/mol. The van der Waals surface area contributed by atoms with Gasteiger partial charge in [0, 0.05) is 11.4 Å². The van der Waals surface area contributed by atoms with E-state index in [1.807, 2.05) is 0 Å². The lowest BCUT2D eigenvalue weighted by atomic mass is 10.2. The fourth-order valence-electron chi connectivity index (χ4n) is 2.78. The maximum absolute atomic E-state index is 13.7. The number of oxime groups is 1. The molecule has 0 amide bonds. The number of nitrogens with one attached hydrogen (secondary N) is 1. The summed E-state index contributed by atoms with van der Waals surface area (Å²) in [5.41, 5.74) is -0.155. The van der Waals surface area contributed by atoms with Crippen LogP contribution in [0.3, 0.4) is 0 Å². The van der Waals surface area contributed by atoms with E-state index in [2.05, 4.69) is 15.5 Å². The van der Waals surface area contributed by atoms with Crippen LogP contribution in [0.25, 0.3) is 0 Å². The lowest BCUT2D eigenvalue weighted by Crippen LogP contribution is -2.20. The highest BCUT2D eigenvalue weighted by atomic mass is 35.5. The van der Waals surface area contributed by atoms with Crippen LogP contribution in [0.15, 0.2) is 28.7 Å². The molecular weight excluding hydrogens is 511 g/mol. The molecule has 0 aliphatic carbocycles. The lowest BCUT2D eigenvalue weighted by molar-refractivity contribution is -0.384. The first-order valence-electron chi connectivity index (χ1n) is 10.0. The van der Waals surface area contributed by atoms with Crippen molar-refractivity contribution in [3.05, 3.63) is 50.0 Å². The van der Waals surface area contributed by atoms with Gasteiger partial charge in [0.05, 0.1) is 24.7 Å². The Bertz CT molecular complexity index is 1090. The Morgan fingerprint density at radius 2 is 1.97 bits per heavy atom. The van der Waals surface area contributed by atoms with Crippen LogP contribution in [0, 0.1) is 10.1 Å². The van der Waals surface area contributed by atoms with E-state index in [4.69, 9.17) is 30.2 Å². The molecule has 1 unspecified atom stereocenters. The van der Waals surface area contributed by atoms with E-state index >= 15 is 0 Å². The molecule has 1 heterocycles. The van der Waals surface area contributed by atoms with Crippen LogP contribution in [-0.4, -0.2) is 48.5 Å². The molecule has 0 saturated carbocycles. The fourth-order valence-corrected chi connectivity index (χ4v) is 5.67. The highest BCUT2D eigenvalue weighted by Gasteiger charge is 2.39. The van der Waals surface area contributed by atoms with E-state index in [9.17, 15) is 19.5 Å². The summed E-state index contributed by atoms with van der Waals surface area (Å²) in [5, 5.41) is 19.7. The zero-order chi connectivity index (χ0) is 25.3. The minimum atomic E-state index is -3.90. The van der Waals surface area contributed by atoms with E-state index < -0.39 is 24.3 Å². The number of esters is 1. The van der Waals surface area contributed by atoms with Crippen LogP contribution in [0.4, 0.5) is 10.8 Å². The Balaban J connectivity index is 2.53. The average molecular weight is 535 g/mol. The number of hydrogen-bond donors (Lipinski definition) is 1. The molecule has 2 rings (SSSR count). The molecule has 12 nitrogen and oxygen atoms in total. The van der Waals surface area contributed by atoms with Crippen molar-refractivity contribution in [3.8, 4) is 0 Å². The molecule has 15 heteroatoms. The molecular formula is C19H24ClN4O8PS. The molecule has 186 valence electrons. The van der Waals surface area contributed by atoms with Gasteiger partial charge in [-0.3, -0.25) is 14.7 Å². The first kappa shape index (κ1) is 27.7. The topological polar surface area (TPSA) is 151 Å². The molecule has 2 aromatic rings. The summed E-state index contributed by atoms with van der Waals surface area (Å²) in [6.45, 7) is 5.16. The third-order valence-corrected chi connectivity index (χ3v) is 7.46. The number of hydrogen-bond acceptors (Lipinski definition) is 12. The van der Waals surface area contributed by atoms with Crippen LogP contribution >= 0.6 is 30.5 Å². The molecule has 0 spiro atoms. The molecule has 0 saturated heterocycles. The van der Waals surface area contributed by atoms with Gasteiger partial charge in [0.2, 0.25) is 5.71 Å². The first-order valence-corrected chi connectivity index (χ1v) is 12.9. The third kappa shape index (κ3) is 6.73. The maximum atomic E-state index is 13.7. The Labute approximate surface area is 204 Å². The van der Waals surface area contributed by atoms with Crippen LogP contribution < -0.4 is 5.32 Å². The number of nitro groups is 1. The lowest BCUT2D eigenvalue weighted by Gasteiger charge is -2.27. The minimum Gasteiger partial charge on any atom is -0.461 e.